The van der Waals surface area contributed by atoms with Crippen molar-refractivity contribution in [3.05, 3.63) is 150 Å². The van der Waals surface area contributed by atoms with E-state index in [0.29, 0.717) is 11.6 Å². The molecule has 0 N–H and O–H groups in total. The standard InChI is InChI=1S/C42H31N3O/c1-42(2)35-23-29(20-21-31(35)33-25-38-34(24-36(33)42)32-18-9-10-19-37(32)46-38)28-16-11-17-30(22-28)41-44-39(26-12-5-3-6-13-26)43-40(45-41)27-14-7-4-8-15-27/h3-14,16-25,27H,15H2,1-2H3. The largest absolute Gasteiger partial charge is 0.456 e. The summed E-state index contributed by atoms with van der Waals surface area (Å²) in [6.07, 6.45) is 9.38. The summed E-state index contributed by atoms with van der Waals surface area (Å²) in [4.78, 5) is 14.9. The van der Waals surface area contributed by atoms with Crippen molar-refractivity contribution >= 4 is 21.9 Å². The van der Waals surface area contributed by atoms with Gasteiger partial charge in [-0.2, -0.15) is 0 Å². The average molecular weight is 594 g/mol. The maximum atomic E-state index is 6.27. The number of benzene rings is 5. The molecule has 0 bridgehead atoms. The molecule has 0 saturated heterocycles. The minimum Gasteiger partial charge on any atom is -0.456 e. The SMILES string of the molecule is CC1(C)c2cc(-c3cccc(-c4nc(-c5ccccc5)nc(C5C=CC=CC5)n4)c3)ccc2-c2cc3oc4ccccc4c3cc21. The van der Waals surface area contributed by atoms with Crippen LogP contribution in [-0.4, -0.2) is 15.0 Å². The fourth-order valence-electron chi connectivity index (χ4n) is 7.15. The number of hydrogen-bond donors (Lipinski definition) is 0. The minimum atomic E-state index is -0.152. The highest BCUT2D eigenvalue weighted by Crippen LogP contribution is 2.51. The van der Waals surface area contributed by atoms with Crippen LogP contribution in [0.2, 0.25) is 0 Å². The van der Waals surface area contributed by atoms with Gasteiger partial charge in [-0.15, -0.1) is 0 Å². The van der Waals surface area contributed by atoms with Crippen LogP contribution >= 0.6 is 0 Å². The lowest BCUT2D eigenvalue weighted by molar-refractivity contribution is 0.658. The van der Waals surface area contributed by atoms with Crippen molar-refractivity contribution in [3.63, 3.8) is 0 Å². The van der Waals surface area contributed by atoms with E-state index >= 15 is 0 Å². The number of rotatable bonds is 4. The van der Waals surface area contributed by atoms with Gasteiger partial charge in [-0.3, -0.25) is 0 Å². The lowest BCUT2D eigenvalue weighted by atomic mass is 9.81. The van der Waals surface area contributed by atoms with Crippen LogP contribution in [0.4, 0.5) is 0 Å². The predicted octanol–water partition coefficient (Wildman–Crippen LogP) is 10.7. The van der Waals surface area contributed by atoms with E-state index in [1.807, 2.05) is 30.3 Å². The smallest absolute Gasteiger partial charge is 0.163 e. The van der Waals surface area contributed by atoms with E-state index in [-0.39, 0.29) is 11.3 Å². The van der Waals surface area contributed by atoms with Gasteiger partial charge in [0, 0.05) is 33.2 Å². The summed E-state index contributed by atoms with van der Waals surface area (Å²) in [5, 5.41) is 2.34. The summed E-state index contributed by atoms with van der Waals surface area (Å²) in [6.45, 7) is 4.66. The normalized spacial score (nSPS) is 16.2. The zero-order chi connectivity index (χ0) is 30.8. The van der Waals surface area contributed by atoms with E-state index in [9.17, 15) is 0 Å². The van der Waals surface area contributed by atoms with Crippen molar-refractivity contribution in [3.8, 4) is 45.0 Å². The van der Waals surface area contributed by atoms with Crippen LogP contribution in [0.25, 0.3) is 67.0 Å². The van der Waals surface area contributed by atoms with E-state index in [1.165, 1.54) is 33.2 Å². The Morgan fingerprint density at radius 2 is 1.33 bits per heavy atom. The van der Waals surface area contributed by atoms with Crippen LogP contribution < -0.4 is 0 Å². The first-order valence-electron chi connectivity index (χ1n) is 15.9. The first-order chi connectivity index (χ1) is 22.5. The average Bonchev–Trinajstić information content (AvgIpc) is 3.59. The van der Waals surface area contributed by atoms with E-state index in [2.05, 4.69) is 117 Å². The third-order valence-corrected chi connectivity index (χ3v) is 9.62. The molecule has 1 atom stereocenters. The molecule has 0 fully saturated rings. The second-order valence-corrected chi connectivity index (χ2v) is 12.8. The number of nitrogens with zero attached hydrogens (tertiary/aromatic N) is 3. The molecule has 2 aliphatic carbocycles. The van der Waals surface area contributed by atoms with Gasteiger partial charge in [0.2, 0.25) is 0 Å². The molecular formula is C42H31N3O. The van der Waals surface area contributed by atoms with Crippen LogP contribution in [0.5, 0.6) is 0 Å². The zero-order valence-corrected chi connectivity index (χ0v) is 25.7. The highest BCUT2D eigenvalue weighted by molar-refractivity contribution is 6.07. The fourth-order valence-corrected chi connectivity index (χ4v) is 7.15. The molecule has 1 unspecified atom stereocenters. The Hall–Kier alpha value is -5.61. The Bertz CT molecular complexity index is 2380. The van der Waals surface area contributed by atoms with E-state index in [0.717, 1.165) is 45.5 Å². The van der Waals surface area contributed by atoms with Gasteiger partial charge in [-0.05, 0) is 70.1 Å². The van der Waals surface area contributed by atoms with E-state index < -0.39 is 0 Å². The molecule has 9 rings (SSSR count). The van der Waals surface area contributed by atoms with Crippen LogP contribution in [0.1, 0.15) is 43.1 Å². The minimum absolute atomic E-state index is 0.123. The predicted molar refractivity (Wildman–Crippen MR) is 187 cm³/mol. The quantitative estimate of drug-likeness (QED) is 0.204. The second kappa shape index (κ2) is 10.2. The van der Waals surface area contributed by atoms with Crippen LogP contribution in [0.15, 0.2) is 138 Å². The maximum absolute atomic E-state index is 6.27. The van der Waals surface area contributed by atoms with Crippen LogP contribution in [-0.2, 0) is 5.41 Å². The third-order valence-electron chi connectivity index (χ3n) is 9.62. The van der Waals surface area contributed by atoms with Crippen molar-refractivity contribution in [2.75, 3.05) is 0 Å². The number of para-hydroxylation sites is 1. The molecule has 0 saturated carbocycles. The molecule has 5 aromatic carbocycles. The molecule has 4 heteroatoms. The molecule has 0 amide bonds. The first-order valence-corrected chi connectivity index (χ1v) is 15.9. The zero-order valence-electron chi connectivity index (χ0n) is 25.7. The van der Waals surface area contributed by atoms with Gasteiger partial charge >= 0.3 is 0 Å². The Labute approximate surface area is 267 Å². The van der Waals surface area contributed by atoms with Crippen molar-refractivity contribution in [2.24, 2.45) is 0 Å². The second-order valence-electron chi connectivity index (χ2n) is 12.8. The lowest BCUT2D eigenvalue weighted by Gasteiger charge is -2.22. The number of allylic oxidation sites excluding steroid dienone is 4. The van der Waals surface area contributed by atoms with Gasteiger partial charge < -0.3 is 4.42 Å². The number of fused-ring (bicyclic) bond motifs is 6. The van der Waals surface area contributed by atoms with E-state index in [1.54, 1.807) is 0 Å². The summed E-state index contributed by atoms with van der Waals surface area (Å²) in [5.41, 5.74) is 11.2. The monoisotopic (exact) mass is 593 g/mol. The van der Waals surface area contributed by atoms with Crippen molar-refractivity contribution in [1.29, 1.82) is 0 Å². The molecule has 7 aromatic rings. The molecule has 2 aromatic heterocycles. The van der Waals surface area contributed by atoms with Gasteiger partial charge in [0.1, 0.15) is 17.0 Å². The molecule has 0 spiro atoms. The van der Waals surface area contributed by atoms with Gasteiger partial charge in [-0.25, -0.2) is 15.0 Å². The molecule has 2 heterocycles. The molecule has 0 radical (unpaired) electrons. The number of hydrogen-bond acceptors (Lipinski definition) is 4. The van der Waals surface area contributed by atoms with Crippen molar-refractivity contribution < 1.29 is 4.42 Å². The van der Waals surface area contributed by atoms with Gasteiger partial charge in [0.05, 0.1) is 0 Å². The summed E-state index contributed by atoms with van der Waals surface area (Å²) in [6, 6.07) is 38.5. The maximum Gasteiger partial charge on any atom is 0.163 e. The van der Waals surface area contributed by atoms with Crippen LogP contribution in [0, 0.1) is 0 Å². The first kappa shape index (κ1) is 26.8. The van der Waals surface area contributed by atoms with Crippen molar-refractivity contribution in [1.82, 2.24) is 15.0 Å². The Morgan fingerprint density at radius 1 is 0.587 bits per heavy atom. The molecular weight excluding hydrogens is 562 g/mol. The molecule has 220 valence electrons. The Balaban J connectivity index is 1.13. The van der Waals surface area contributed by atoms with Crippen molar-refractivity contribution in [2.45, 2.75) is 31.6 Å². The summed E-state index contributed by atoms with van der Waals surface area (Å²) in [5.74, 6) is 2.31. The number of aromatic nitrogens is 3. The topological polar surface area (TPSA) is 51.8 Å². The molecule has 0 aliphatic heterocycles. The molecule has 46 heavy (non-hydrogen) atoms. The molecule has 4 nitrogen and oxygen atoms in total. The fraction of sp³-hybridized carbons (Fsp3) is 0.119. The van der Waals surface area contributed by atoms with Gasteiger partial charge in [0.25, 0.3) is 0 Å². The van der Waals surface area contributed by atoms with Gasteiger partial charge in [-0.1, -0.05) is 117 Å². The summed E-state index contributed by atoms with van der Waals surface area (Å²) < 4.78 is 6.27. The Kier molecular flexibility index (Phi) is 5.94. The van der Waals surface area contributed by atoms with Gasteiger partial charge in [0.15, 0.2) is 11.6 Å². The highest BCUT2D eigenvalue weighted by Gasteiger charge is 2.36. The molecule has 2 aliphatic rings. The number of furan rings is 1. The van der Waals surface area contributed by atoms with Crippen LogP contribution in [0.3, 0.4) is 0 Å². The van der Waals surface area contributed by atoms with E-state index in [4.69, 9.17) is 19.4 Å². The summed E-state index contributed by atoms with van der Waals surface area (Å²) >= 11 is 0. The highest BCUT2D eigenvalue weighted by atomic mass is 16.3. The Morgan fingerprint density at radius 3 is 2.17 bits per heavy atom. The summed E-state index contributed by atoms with van der Waals surface area (Å²) in [7, 11) is 0. The third kappa shape index (κ3) is 4.25. The lowest BCUT2D eigenvalue weighted by Crippen LogP contribution is -2.15.